The lowest BCUT2D eigenvalue weighted by atomic mass is 9.80. The van der Waals surface area contributed by atoms with E-state index >= 15 is 0 Å². The van der Waals surface area contributed by atoms with Crippen LogP contribution in [0.25, 0.3) is 0 Å². The van der Waals surface area contributed by atoms with E-state index in [9.17, 15) is 19.1 Å². The Morgan fingerprint density at radius 3 is 2.48 bits per heavy atom. The molecule has 1 aromatic carbocycles. The fourth-order valence-electron chi connectivity index (χ4n) is 3.71. The predicted octanol–water partition coefficient (Wildman–Crippen LogP) is 1.73. The van der Waals surface area contributed by atoms with Crippen LogP contribution in [0.15, 0.2) is 18.2 Å². The minimum Gasteiger partial charge on any atom is -0.383 e. The summed E-state index contributed by atoms with van der Waals surface area (Å²) in [7, 11) is 3.62. The van der Waals surface area contributed by atoms with Crippen molar-refractivity contribution in [2.45, 2.75) is 38.3 Å². The lowest BCUT2D eigenvalue weighted by Gasteiger charge is -2.42. The van der Waals surface area contributed by atoms with Gasteiger partial charge in [0.15, 0.2) is 0 Å². The number of hydrogen-bond donors (Lipinski definition) is 1. The number of halogens is 1. The van der Waals surface area contributed by atoms with Gasteiger partial charge in [-0.15, -0.1) is 0 Å². The van der Waals surface area contributed by atoms with E-state index in [1.807, 2.05) is 21.0 Å². The smallest absolute Gasteiger partial charge is 0.257 e. The highest BCUT2D eigenvalue weighted by atomic mass is 19.1. The van der Waals surface area contributed by atoms with Crippen molar-refractivity contribution in [3.8, 4) is 0 Å². The maximum absolute atomic E-state index is 14.4. The van der Waals surface area contributed by atoms with E-state index in [0.717, 1.165) is 19.3 Å². The van der Waals surface area contributed by atoms with Gasteiger partial charge in [-0.3, -0.25) is 9.59 Å². The average Bonchev–Trinajstić information content (AvgIpc) is 2.58. The van der Waals surface area contributed by atoms with Crippen molar-refractivity contribution in [3.63, 3.8) is 0 Å². The van der Waals surface area contributed by atoms with Gasteiger partial charge in [0.05, 0.1) is 5.56 Å². The van der Waals surface area contributed by atoms with E-state index in [1.54, 1.807) is 20.8 Å². The molecule has 2 atom stereocenters. The molecule has 1 saturated heterocycles. The maximum atomic E-state index is 14.4. The van der Waals surface area contributed by atoms with Gasteiger partial charge in [0.1, 0.15) is 11.9 Å². The number of nitrogens with zero attached hydrogens (tertiary/aromatic N) is 3. The normalized spacial score (nSPS) is 21.6. The van der Waals surface area contributed by atoms with Gasteiger partial charge in [0.25, 0.3) is 11.8 Å². The summed E-state index contributed by atoms with van der Waals surface area (Å²) in [6, 6.07) is 4.34. The Labute approximate surface area is 159 Å². The lowest BCUT2D eigenvalue weighted by molar-refractivity contribution is -0.147. The molecule has 1 N–H and O–H groups in total. The number of anilines is 1. The first-order valence-corrected chi connectivity index (χ1v) is 9.54. The number of aliphatic hydroxyl groups is 1. The van der Waals surface area contributed by atoms with Crippen molar-refractivity contribution < 1.29 is 19.1 Å². The summed E-state index contributed by atoms with van der Waals surface area (Å²) in [6.07, 6.45) is 1.90. The summed E-state index contributed by atoms with van der Waals surface area (Å²) in [5, 5.41) is 10.2. The molecule has 7 heteroatoms. The summed E-state index contributed by atoms with van der Waals surface area (Å²) < 4.78 is 14.4. The Balaban J connectivity index is 1.65. The van der Waals surface area contributed by atoms with Crippen LogP contribution >= 0.6 is 0 Å². The first-order valence-electron chi connectivity index (χ1n) is 9.54. The molecule has 2 aliphatic rings. The molecule has 2 amide bonds. The molecule has 0 spiro atoms. The first-order chi connectivity index (χ1) is 12.8. The van der Waals surface area contributed by atoms with Crippen molar-refractivity contribution in [2.24, 2.45) is 5.92 Å². The van der Waals surface area contributed by atoms with Gasteiger partial charge in [-0.25, -0.2) is 4.39 Å². The molecule has 0 aromatic heterocycles. The van der Waals surface area contributed by atoms with Crippen LogP contribution in [0, 0.1) is 11.7 Å². The zero-order chi connectivity index (χ0) is 19.7. The lowest BCUT2D eigenvalue weighted by Crippen LogP contribution is -2.58. The second-order valence-electron chi connectivity index (χ2n) is 7.83. The molecular formula is C20H28FN3O3. The number of rotatable bonds is 4. The first kappa shape index (κ1) is 19.6. The number of aliphatic hydroxyl groups excluding tert-OH is 1. The van der Waals surface area contributed by atoms with E-state index in [2.05, 4.69) is 0 Å². The maximum Gasteiger partial charge on any atom is 0.257 e. The summed E-state index contributed by atoms with van der Waals surface area (Å²) >= 11 is 0. The highest BCUT2D eigenvalue weighted by Gasteiger charge is 2.37. The largest absolute Gasteiger partial charge is 0.383 e. The molecule has 0 bridgehead atoms. The van der Waals surface area contributed by atoms with Gasteiger partial charge in [-0.05, 0) is 43.9 Å². The summed E-state index contributed by atoms with van der Waals surface area (Å²) in [5.41, 5.74) is 0.735. The van der Waals surface area contributed by atoms with Crippen molar-refractivity contribution in [1.29, 1.82) is 0 Å². The van der Waals surface area contributed by atoms with Crippen LogP contribution in [0.5, 0.6) is 0 Å². The van der Waals surface area contributed by atoms with E-state index in [0.29, 0.717) is 25.3 Å². The van der Waals surface area contributed by atoms with E-state index in [4.69, 9.17) is 0 Å². The SMILES string of the molecule is C[C@@H]1CN(C(=O)[C@@H](O)C2CCC2)CCN1C(=O)c1ccc(N(C)C)cc1F. The van der Waals surface area contributed by atoms with Crippen LogP contribution in [0.1, 0.15) is 36.5 Å². The van der Waals surface area contributed by atoms with Crippen molar-refractivity contribution >= 4 is 17.5 Å². The molecule has 148 valence electrons. The number of carbonyl (C=O) groups excluding carboxylic acids is 2. The van der Waals surface area contributed by atoms with Crippen molar-refractivity contribution in [3.05, 3.63) is 29.6 Å². The molecule has 1 aromatic rings. The third-order valence-corrected chi connectivity index (χ3v) is 5.75. The Morgan fingerprint density at radius 1 is 1.26 bits per heavy atom. The number of carbonyl (C=O) groups is 2. The Kier molecular flexibility index (Phi) is 5.69. The van der Waals surface area contributed by atoms with Crippen LogP contribution in [-0.4, -0.2) is 72.6 Å². The molecule has 3 rings (SSSR count). The molecular weight excluding hydrogens is 349 g/mol. The van der Waals surface area contributed by atoms with Gasteiger partial charge < -0.3 is 19.8 Å². The Hall–Kier alpha value is -2.15. The highest BCUT2D eigenvalue weighted by Crippen LogP contribution is 2.30. The molecule has 1 saturated carbocycles. The van der Waals surface area contributed by atoms with Crippen molar-refractivity contribution in [1.82, 2.24) is 9.80 Å². The summed E-state index contributed by atoms with van der Waals surface area (Å²) in [4.78, 5) is 30.3. The minimum absolute atomic E-state index is 0.0433. The monoisotopic (exact) mass is 377 g/mol. The fraction of sp³-hybridized carbons (Fsp3) is 0.600. The molecule has 0 unspecified atom stereocenters. The van der Waals surface area contributed by atoms with Gasteiger partial charge in [0.2, 0.25) is 0 Å². The van der Waals surface area contributed by atoms with E-state index < -0.39 is 11.9 Å². The average molecular weight is 377 g/mol. The quantitative estimate of drug-likeness (QED) is 0.868. The van der Waals surface area contributed by atoms with Gasteiger partial charge in [-0.2, -0.15) is 0 Å². The number of piperazine rings is 1. The van der Waals surface area contributed by atoms with Crippen LogP contribution in [0.4, 0.5) is 10.1 Å². The minimum atomic E-state index is -0.941. The highest BCUT2D eigenvalue weighted by molar-refractivity contribution is 5.95. The molecule has 1 aliphatic heterocycles. The zero-order valence-electron chi connectivity index (χ0n) is 16.2. The number of benzene rings is 1. The standard InChI is InChI=1S/C20H28FN3O3/c1-13-12-23(20(27)18(25)14-5-4-6-14)9-10-24(13)19(26)16-8-7-15(22(2)3)11-17(16)21/h7-8,11,13-14,18,25H,4-6,9-10,12H2,1-3H3/t13-,18+/m1/s1. The van der Waals surface area contributed by atoms with E-state index in [1.165, 1.54) is 12.1 Å². The van der Waals surface area contributed by atoms with Gasteiger partial charge in [0, 0.05) is 45.5 Å². The van der Waals surface area contributed by atoms with Crippen LogP contribution < -0.4 is 4.90 Å². The molecule has 27 heavy (non-hydrogen) atoms. The zero-order valence-corrected chi connectivity index (χ0v) is 16.2. The van der Waals surface area contributed by atoms with Gasteiger partial charge >= 0.3 is 0 Å². The Bertz CT molecular complexity index is 720. The third-order valence-electron chi connectivity index (χ3n) is 5.75. The predicted molar refractivity (Wildman–Crippen MR) is 101 cm³/mol. The molecule has 1 aliphatic carbocycles. The van der Waals surface area contributed by atoms with Crippen LogP contribution in [0.3, 0.4) is 0 Å². The second-order valence-corrected chi connectivity index (χ2v) is 7.83. The number of amides is 2. The third kappa shape index (κ3) is 3.93. The van der Waals surface area contributed by atoms with Crippen LogP contribution in [0.2, 0.25) is 0 Å². The second kappa shape index (κ2) is 7.84. The molecule has 6 nitrogen and oxygen atoms in total. The molecule has 1 heterocycles. The van der Waals surface area contributed by atoms with Crippen LogP contribution in [-0.2, 0) is 4.79 Å². The molecule has 2 fully saturated rings. The van der Waals surface area contributed by atoms with E-state index in [-0.39, 0.29) is 29.3 Å². The fourth-order valence-corrected chi connectivity index (χ4v) is 3.71. The molecule has 0 radical (unpaired) electrons. The topological polar surface area (TPSA) is 64.1 Å². The summed E-state index contributed by atoms with van der Waals surface area (Å²) in [6.45, 7) is 2.89. The summed E-state index contributed by atoms with van der Waals surface area (Å²) in [5.74, 6) is -1.09. The Morgan fingerprint density at radius 2 is 1.96 bits per heavy atom. The van der Waals surface area contributed by atoms with Gasteiger partial charge in [-0.1, -0.05) is 6.42 Å². The van der Waals surface area contributed by atoms with Crippen molar-refractivity contribution in [2.75, 3.05) is 38.6 Å². The number of hydrogen-bond acceptors (Lipinski definition) is 4.